The van der Waals surface area contributed by atoms with Crippen molar-refractivity contribution in [1.29, 1.82) is 5.26 Å². The van der Waals surface area contributed by atoms with Crippen molar-refractivity contribution in [3.63, 3.8) is 0 Å². The van der Waals surface area contributed by atoms with Gasteiger partial charge in [-0.1, -0.05) is 32.4 Å². The number of hydrogen-bond donors (Lipinski definition) is 0. The van der Waals surface area contributed by atoms with Gasteiger partial charge >= 0.3 is 0 Å². The molecule has 0 fully saturated rings. The molecule has 0 aromatic heterocycles. The van der Waals surface area contributed by atoms with Crippen LogP contribution in [0.3, 0.4) is 0 Å². The van der Waals surface area contributed by atoms with Gasteiger partial charge in [0.05, 0.1) is 6.07 Å². The number of rotatable bonds is 10. The Morgan fingerprint density at radius 2 is 1.85 bits per heavy atom. The standard InChI is InChI=1S/C21H31NO4/c1-5-16(4)21(15-22,13-12-20(23-6-2)24-7-3)19-14-25-17-10-8-9-11-18(17)26-19/h8-11,16,19-20H,5-7,12-14H2,1-4H3. The lowest BCUT2D eigenvalue weighted by Gasteiger charge is -2.41. The molecule has 0 radical (unpaired) electrons. The van der Waals surface area contributed by atoms with E-state index < -0.39 is 5.41 Å². The van der Waals surface area contributed by atoms with Crippen LogP contribution in [0.2, 0.25) is 0 Å². The van der Waals surface area contributed by atoms with E-state index in [4.69, 9.17) is 18.9 Å². The van der Waals surface area contributed by atoms with E-state index in [0.29, 0.717) is 38.4 Å². The van der Waals surface area contributed by atoms with Gasteiger partial charge in [-0.15, -0.1) is 0 Å². The fraction of sp³-hybridized carbons (Fsp3) is 0.667. The summed E-state index contributed by atoms with van der Waals surface area (Å²) in [6, 6.07) is 10.2. The number of para-hydroxylation sites is 2. The number of benzene rings is 1. The largest absolute Gasteiger partial charge is 0.486 e. The summed E-state index contributed by atoms with van der Waals surface area (Å²) in [6.07, 6.45) is 1.57. The Hall–Kier alpha value is -1.77. The third kappa shape index (κ3) is 4.49. The van der Waals surface area contributed by atoms with Crippen LogP contribution in [-0.4, -0.2) is 32.2 Å². The molecule has 0 bridgehead atoms. The zero-order valence-electron chi connectivity index (χ0n) is 16.4. The molecule has 1 aliphatic heterocycles. The number of ether oxygens (including phenoxy) is 4. The Bertz CT molecular complexity index is 594. The van der Waals surface area contributed by atoms with Crippen LogP contribution in [0.25, 0.3) is 0 Å². The summed E-state index contributed by atoms with van der Waals surface area (Å²) in [4.78, 5) is 0. The van der Waals surface area contributed by atoms with Gasteiger partial charge in [0, 0.05) is 19.6 Å². The van der Waals surface area contributed by atoms with E-state index in [9.17, 15) is 5.26 Å². The molecule has 3 atom stereocenters. The van der Waals surface area contributed by atoms with Crippen molar-refractivity contribution in [2.75, 3.05) is 19.8 Å². The van der Waals surface area contributed by atoms with Crippen molar-refractivity contribution in [3.05, 3.63) is 24.3 Å². The highest BCUT2D eigenvalue weighted by atomic mass is 16.7. The molecule has 1 aromatic rings. The molecule has 3 unspecified atom stereocenters. The number of nitriles is 1. The molecule has 0 aliphatic carbocycles. The van der Waals surface area contributed by atoms with Crippen molar-refractivity contribution < 1.29 is 18.9 Å². The Morgan fingerprint density at radius 3 is 2.42 bits per heavy atom. The SMILES string of the molecule is CCOC(CCC(C#N)(C(C)CC)C1COc2ccccc2O1)OCC. The van der Waals surface area contributed by atoms with Crippen molar-refractivity contribution in [1.82, 2.24) is 0 Å². The maximum atomic E-state index is 10.2. The van der Waals surface area contributed by atoms with Gasteiger partial charge < -0.3 is 18.9 Å². The molecule has 144 valence electrons. The topological polar surface area (TPSA) is 60.7 Å². The summed E-state index contributed by atoms with van der Waals surface area (Å²) < 4.78 is 23.5. The molecule has 5 nitrogen and oxygen atoms in total. The molecule has 26 heavy (non-hydrogen) atoms. The van der Waals surface area contributed by atoms with Crippen LogP contribution in [0.5, 0.6) is 11.5 Å². The smallest absolute Gasteiger partial charge is 0.161 e. The first kappa shape index (κ1) is 20.5. The molecule has 0 saturated carbocycles. The molecular formula is C21H31NO4. The second kappa shape index (κ2) is 9.80. The van der Waals surface area contributed by atoms with Gasteiger partial charge in [-0.2, -0.15) is 5.26 Å². The molecule has 0 N–H and O–H groups in total. The minimum absolute atomic E-state index is 0.162. The Balaban J connectivity index is 2.21. The van der Waals surface area contributed by atoms with Crippen molar-refractivity contribution >= 4 is 0 Å². The van der Waals surface area contributed by atoms with Crippen LogP contribution >= 0.6 is 0 Å². The molecule has 1 aliphatic rings. The van der Waals surface area contributed by atoms with Gasteiger partial charge in [-0.3, -0.25) is 0 Å². The molecule has 0 spiro atoms. The minimum atomic E-state index is -0.658. The van der Waals surface area contributed by atoms with Crippen molar-refractivity contribution in [3.8, 4) is 17.6 Å². The fourth-order valence-electron chi connectivity index (χ4n) is 3.54. The second-order valence-electron chi connectivity index (χ2n) is 6.70. The maximum absolute atomic E-state index is 10.2. The van der Waals surface area contributed by atoms with Crippen LogP contribution in [0.1, 0.15) is 47.0 Å². The lowest BCUT2D eigenvalue weighted by Crippen LogP contribution is -2.48. The highest BCUT2D eigenvalue weighted by molar-refractivity contribution is 5.41. The van der Waals surface area contributed by atoms with Crippen LogP contribution < -0.4 is 9.47 Å². The average Bonchev–Trinajstić information content (AvgIpc) is 2.68. The Labute approximate surface area is 157 Å². The third-order valence-electron chi connectivity index (χ3n) is 5.28. The Morgan fingerprint density at radius 1 is 1.19 bits per heavy atom. The van der Waals surface area contributed by atoms with Crippen LogP contribution in [0.4, 0.5) is 0 Å². The summed E-state index contributed by atoms with van der Waals surface area (Å²) in [5.41, 5.74) is -0.658. The van der Waals surface area contributed by atoms with Gasteiger partial charge in [-0.05, 0) is 38.3 Å². The monoisotopic (exact) mass is 361 g/mol. The molecular weight excluding hydrogens is 330 g/mol. The summed E-state index contributed by atoms with van der Waals surface area (Å²) in [5, 5.41) is 10.2. The summed E-state index contributed by atoms with van der Waals surface area (Å²) in [5.74, 6) is 1.61. The predicted molar refractivity (Wildman–Crippen MR) is 100 cm³/mol. The zero-order valence-corrected chi connectivity index (χ0v) is 16.4. The van der Waals surface area contributed by atoms with E-state index in [1.807, 2.05) is 38.1 Å². The zero-order chi connectivity index (χ0) is 19.0. The van der Waals surface area contributed by atoms with E-state index in [1.54, 1.807) is 0 Å². The van der Waals surface area contributed by atoms with Crippen LogP contribution in [0, 0.1) is 22.7 Å². The van der Waals surface area contributed by atoms with E-state index in [-0.39, 0.29) is 18.3 Å². The molecule has 2 rings (SSSR count). The first-order valence-corrected chi connectivity index (χ1v) is 9.64. The van der Waals surface area contributed by atoms with Crippen molar-refractivity contribution in [2.24, 2.45) is 11.3 Å². The van der Waals surface area contributed by atoms with Gasteiger partial charge in [0.25, 0.3) is 0 Å². The minimum Gasteiger partial charge on any atom is -0.486 e. The number of hydrogen-bond acceptors (Lipinski definition) is 5. The van der Waals surface area contributed by atoms with E-state index in [0.717, 1.165) is 12.2 Å². The number of fused-ring (bicyclic) bond motifs is 1. The van der Waals surface area contributed by atoms with Gasteiger partial charge in [0.1, 0.15) is 12.0 Å². The molecule has 0 amide bonds. The lowest BCUT2D eigenvalue weighted by atomic mass is 9.68. The molecule has 1 aromatic carbocycles. The Kier molecular flexibility index (Phi) is 7.74. The fourth-order valence-corrected chi connectivity index (χ4v) is 3.54. The predicted octanol–water partition coefficient (Wildman–Crippen LogP) is 4.56. The first-order chi connectivity index (χ1) is 12.6. The van der Waals surface area contributed by atoms with Crippen LogP contribution in [0.15, 0.2) is 24.3 Å². The average molecular weight is 361 g/mol. The molecule has 5 heteroatoms. The van der Waals surface area contributed by atoms with E-state index >= 15 is 0 Å². The molecule has 0 saturated heterocycles. The highest BCUT2D eigenvalue weighted by Crippen LogP contribution is 2.44. The van der Waals surface area contributed by atoms with E-state index in [2.05, 4.69) is 19.9 Å². The maximum Gasteiger partial charge on any atom is 0.161 e. The highest BCUT2D eigenvalue weighted by Gasteiger charge is 2.47. The number of nitrogens with zero attached hydrogens (tertiary/aromatic N) is 1. The van der Waals surface area contributed by atoms with Gasteiger partial charge in [0.2, 0.25) is 0 Å². The van der Waals surface area contributed by atoms with Crippen LogP contribution in [-0.2, 0) is 9.47 Å². The third-order valence-corrected chi connectivity index (χ3v) is 5.28. The summed E-state index contributed by atoms with van der Waals surface area (Å²) in [7, 11) is 0. The summed E-state index contributed by atoms with van der Waals surface area (Å²) in [6.45, 7) is 9.68. The second-order valence-corrected chi connectivity index (χ2v) is 6.70. The van der Waals surface area contributed by atoms with Gasteiger partial charge in [-0.25, -0.2) is 0 Å². The van der Waals surface area contributed by atoms with E-state index in [1.165, 1.54) is 0 Å². The molecule has 1 heterocycles. The quantitative estimate of drug-likeness (QED) is 0.572. The summed E-state index contributed by atoms with van der Waals surface area (Å²) >= 11 is 0. The lowest BCUT2D eigenvalue weighted by molar-refractivity contribution is -0.147. The van der Waals surface area contributed by atoms with Gasteiger partial charge in [0.15, 0.2) is 23.9 Å². The normalized spacial score (nSPS) is 19.6. The van der Waals surface area contributed by atoms with Crippen molar-refractivity contribution in [2.45, 2.75) is 59.4 Å². The first-order valence-electron chi connectivity index (χ1n) is 9.64.